The van der Waals surface area contributed by atoms with Gasteiger partial charge in [0.15, 0.2) is 17.3 Å². The van der Waals surface area contributed by atoms with E-state index in [0.29, 0.717) is 22.4 Å². The van der Waals surface area contributed by atoms with Crippen LogP contribution in [-0.4, -0.2) is 36.5 Å². The minimum absolute atomic E-state index is 0.154. The maximum absolute atomic E-state index is 14.6. The Bertz CT molecular complexity index is 1690. The average molecular weight is 590 g/mol. The van der Waals surface area contributed by atoms with E-state index in [1.54, 1.807) is 55.6 Å². The molecule has 0 amide bonds. The first-order valence-electron chi connectivity index (χ1n) is 13.1. The lowest BCUT2D eigenvalue weighted by molar-refractivity contribution is 0.0666. The van der Waals surface area contributed by atoms with E-state index in [9.17, 15) is 14.4 Å². The zero-order chi connectivity index (χ0) is 27.6. The van der Waals surface area contributed by atoms with Crippen LogP contribution in [0.3, 0.4) is 0 Å². The average Bonchev–Trinajstić information content (AvgIpc) is 3.43. The fourth-order valence-electron chi connectivity index (χ4n) is 6.89. The first-order valence-corrected chi connectivity index (χ1v) is 13.9. The van der Waals surface area contributed by atoms with Gasteiger partial charge in [-0.25, -0.2) is 0 Å². The van der Waals surface area contributed by atoms with Crippen LogP contribution in [0.5, 0.6) is 5.75 Å². The summed E-state index contributed by atoms with van der Waals surface area (Å²) in [6.07, 6.45) is 3.91. The number of anilines is 1. The number of ketones is 3. The quantitative estimate of drug-likeness (QED) is 0.194. The molecule has 3 atom stereocenters. The lowest BCUT2D eigenvalue weighted by Gasteiger charge is -2.37. The number of para-hydroxylation sites is 1. The lowest BCUT2D eigenvalue weighted by Crippen LogP contribution is -2.48. The molecule has 1 spiro atoms. The Labute approximate surface area is 240 Å². The van der Waals surface area contributed by atoms with Crippen molar-refractivity contribution in [3.63, 3.8) is 0 Å². The molecule has 0 bridgehead atoms. The normalized spacial score (nSPS) is 21.8. The third-order valence-corrected chi connectivity index (χ3v) is 9.11. The molecule has 0 saturated carbocycles. The molecule has 4 aromatic carbocycles. The van der Waals surface area contributed by atoms with Crippen LogP contribution in [0.1, 0.15) is 48.1 Å². The topological polar surface area (TPSA) is 63.7 Å². The standard InChI is InChI=1S/C34H24BrNO4/c1-40-24-17-12-22(13-18-24)31(37)30-29(21-10-15-23(35)16-11-21)34(32(38)25-7-3-4-8-26(25)33(34)39)28-19-14-20-6-2-5-9-27(20)36(28)30/h2-19,28-30H,1H3/t28-,29-,30+/m0/s1. The first-order chi connectivity index (χ1) is 19.5. The van der Waals surface area contributed by atoms with Crippen molar-refractivity contribution in [1.29, 1.82) is 0 Å². The van der Waals surface area contributed by atoms with Crippen molar-refractivity contribution >= 4 is 45.0 Å². The molecule has 6 heteroatoms. The van der Waals surface area contributed by atoms with Gasteiger partial charge in [-0.05, 0) is 53.6 Å². The smallest absolute Gasteiger partial charge is 0.185 e. The van der Waals surface area contributed by atoms with Crippen LogP contribution in [0.25, 0.3) is 6.08 Å². The van der Waals surface area contributed by atoms with Gasteiger partial charge in [0.2, 0.25) is 0 Å². The maximum Gasteiger partial charge on any atom is 0.185 e. The van der Waals surface area contributed by atoms with Crippen molar-refractivity contribution in [2.24, 2.45) is 5.41 Å². The molecule has 4 aromatic rings. The number of rotatable bonds is 4. The summed E-state index contributed by atoms with van der Waals surface area (Å²) in [4.78, 5) is 45.9. The molecule has 40 heavy (non-hydrogen) atoms. The van der Waals surface area contributed by atoms with Crippen LogP contribution in [-0.2, 0) is 0 Å². The Morgan fingerprint density at radius 3 is 2.10 bits per heavy atom. The van der Waals surface area contributed by atoms with Crippen molar-refractivity contribution in [3.8, 4) is 5.75 Å². The van der Waals surface area contributed by atoms with Crippen molar-refractivity contribution in [2.45, 2.75) is 18.0 Å². The highest BCUT2D eigenvalue weighted by atomic mass is 79.9. The summed E-state index contributed by atoms with van der Waals surface area (Å²) in [6.45, 7) is 0. The van der Waals surface area contributed by atoms with E-state index in [1.807, 2.05) is 65.6 Å². The Kier molecular flexibility index (Phi) is 5.65. The number of Topliss-reactive ketones (excluding diaryl/α,β-unsaturated/α-hetero) is 3. The Morgan fingerprint density at radius 1 is 0.825 bits per heavy atom. The van der Waals surface area contributed by atoms with Crippen LogP contribution in [0.4, 0.5) is 5.69 Å². The minimum atomic E-state index is -1.51. The van der Waals surface area contributed by atoms with E-state index in [-0.39, 0.29) is 17.3 Å². The van der Waals surface area contributed by atoms with Gasteiger partial charge >= 0.3 is 0 Å². The number of methoxy groups -OCH3 is 1. The summed E-state index contributed by atoms with van der Waals surface area (Å²) in [6, 6.07) is 28.1. The Morgan fingerprint density at radius 2 is 1.45 bits per heavy atom. The maximum atomic E-state index is 14.6. The second kappa shape index (κ2) is 9.14. The SMILES string of the molecule is COc1ccc(C(=O)[C@H]2[C@H](c3ccc(Br)cc3)C3(C(=O)c4ccccc4C3=O)[C@@H]3C=Cc4ccccc4N32)cc1. The van der Waals surface area contributed by atoms with Crippen molar-refractivity contribution in [1.82, 2.24) is 0 Å². The van der Waals surface area contributed by atoms with Gasteiger partial charge < -0.3 is 9.64 Å². The minimum Gasteiger partial charge on any atom is -0.497 e. The van der Waals surface area contributed by atoms with Crippen LogP contribution < -0.4 is 9.64 Å². The molecule has 2 heterocycles. The van der Waals surface area contributed by atoms with Gasteiger partial charge in [-0.15, -0.1) is 0 Å². The van der Waals surface area contributed by atoms with Crippen molar-refractivity contribution in [2.75, 3.05) is 12.0 Å². The number of carbonyl (C=O) groups is 3. The van der Waals surface area contributed by atoms with E-state index in [1.165, 1.54) is 0 Å². The number of benzene rings is 4. The van der Waals surface area contributed by atoms with Crippen molar-refractivity contribution in [3.05, 3.63) is 135 Å². The zero-order valence-corrected chi connectivity index (χ0v) is 23.2. The number of hydrogen-bond acceptors (Lipinski definition) is 5. The van der Waals surface area contributed by atoms with E-state index in [4.69, 9.17) is 4.74 Å². The molecule has 7 rings (SSSR count). The zero-order valence-electron chi connectivity index (χ0n) is 21.6. The van der Waals surface area contributed by atoms with Gasteiger partial charge in [0.05, 0.1) is 13.2 Å². The first kappa shape index (κ1) is 24.7. The highest BCUT2D eigenvalue weighted by Gasteiger charge is 2.71. The second-order valence-electron chi connectivity index (χ2n) is 10.4. The summed E-state index contributed by atoms with van der Waals surface area (Å²) in [5, 5.41) is 0. The Hall–Kier alpha value is -4.29. The van der Waals surface area contributed by atoms with E-state index in [2.05, 4.69) is 15.9 Å². The highest BCUT2D eigenvalue weighted by Crippen LogP contribution is 2.61. The third-order valence-electron chi connectivity index (χ3n) is 8.59. The molecule has 0 N–H and O–H groups in total. The number of hydrogen-bond donors (Lipinski definition) is 0. The molecule has 1 aliphatic carbocycles. The number of carbonyl (C=O) groups excluding carboxylic acids is 3. The van der Waals surface area contributed by atoms with Gasteiger partial charge in [0.1, 0.15) is 17.2 Å². The van der Waals surface area contributed by atoms with Gasteiger partial charge in [0, 0.05) is 32.8 Å². The van der Waals surface area contributed by atoms with Crippen LogP contribution in [0.2, 0.25) is 0 Å². The molecule has 5 nitrogen and oxygen atoms in total. The largest absolute Gasteiger partial charge is 0.497 e. The molecule has 0 radical (unpaired) electrons. The number of ether oxygens (including phenoxy) is 1. The van der Waals surface area contributed by atoms with Crippen LogP contribution in [0, 0.1) is 5.41 Å². The molecule has 196 valence electrons. The predicted octanol–water partition coefficient (Wildman–Crippen LogP) is 6.77. The molecular weight excluding hydrogens is 566 g/mol. The van der Waals surface area contributed by atoms with Gasteiger partial charge in [0.25, 0.3) is 0 Å². The van der Waals surface area contributed by atoms with E-state index < -0.39 is 23.4 Å². The molecular formula is C34H24BrNO4. The van der Waals surface area contributed by atoms with E-state index >= 15 is 0 Å². The summed E-state index contributed by atoms with van der Waals surface area (Å²) in [5.74, 6) is -0.706. The van der Waals surface area contributed by atoms with Gasteiger partial charge in [-0.3, -0.25) is 14.4 Å². The van der Waals surface area contributed by atoms with Gasteiger partial charge in [-0.2, -0.15) is 0 Å². The summed E-state index contributed by atoms with van der Waals surface area (Å²) >= 11 is 3.52. The third kappa shape index (κ3) is 3.29. The van der Waals surface area contributed by atoms with Gasteiger partial charge in [-0.1, -0.05) is 82.7 Å². The van der Waals surface area contributed by atoms with Crippen LogP contribution in [0.15, 0.2) is 108 Å². The molecule has 2 aliphatic heterocycles. The van der Waals surface area contributed by atoms with E-state index in [0.717, 1.165) is 21.3 Å². The van der Waals surface area contributed by atoms with Crippen molar-refractivity contribution < 1.29 is 19.1 Å². The Balaban J connectivity index is 1.52. The second-order valence-corrected chi connectivity index (χ2v) is 11.3. The summed E-state index contributed by atoms with van der Waals surface area (Å²) in [5.41, 5.74) is 2.36. The monoisotopic (exact) mass is 589 g/mol. The fraction of sp³-hybridized carbons (Fsp3) is 0.147. The lowest BCUT2D eigenvalue weighted by atomic mass is 9.64. The molecule has 0 unspecified atom stereocenters. The summed E-state index contributed by atoms with van der Waals surface area (Å²) < 4.78 is 6.20. The number of nitrogens with zero attached hydrogens (tertiary/aromatic N) is 1. The summed E-state index contributed by atoms with van der Waals surface area (Å²) in [7, 11) is 1.58. The number of fused-ring (bicyclic) bond motifs is 5. The molecule has 0 aromatic heterocycles. The molecule has 3 aliphatic rings. The van der Waals surface area contributed by atoms with Crippen LogP contribution >= 0.6 is 15.9 Å². The highest BCUT2D eigenvalue weighted by molar-refractivity contribution is 9.10. The molecule has 1 saturated heterocycles. The predicted molar refractivity (Wildman–Crippen MR) is 157 cm³/mol. The number of halogens is 1. The molecule has 1 fully saturated rings. The fourth-order valence-corrected chi connectivity index (χ4v) is 7.15.